The number of hydrogen-bond donors (Lipinski definition) is 0. The van der Waals surface area contributed by atoms with E-state index in [-0.39, 0.29) is 24.1 Å². The number of carbonyl (C=O) groups excluding carboxylic acids is 1. The maximum absolute atomic E-state index is 13.4. The van der Waals surface area contributed by atoms with Gasteiger partial charge in [0.15, 0.2) is 5.65 Å². The lowest BCUT2D eigenvalue weighted by Crippen LogP contribution is -2.30. The minimum absolute atomic E-state index is 0.0192. The van der Waals surface area contributed by atoms with Crippen molar-refractivity contribution in [3.63, 3.8) is 0 Å². The van der Waals surface area contributed by atoms with E-state index in [1.807, 2.05) is 17.0 Å². The molecule has 0 spiro atoms. The molecule has 2 aromatic heterocycles. The Bertz CT molecular complexity index is 987. The Kier molecular flexibility index (Phi) is 5.34. The van der Waals surface area contributed by atoms with Crippen LogP contribution in [-0.2, 0) is 22.5 Å². The van der Waals surface area contributed by atoms with Crippen molar-refractivity contribution in [2.45, 2.75) is 25.3 Å². The first kappa shape index (κ1) is 18.6. The van der Waals surface area contributed by atoms with Gasteiger partial charge < -0.3 is 14.2 Å². The van der Waals surface area contributed by atoms with Gasteiger partial charge in [-0.1, -0.05) is 12.1 Å². The van der Waals surface area contributed by atoms with Crippen molar-refractivity contribution in [2.24, 2.45) is 0 Å². The van der Waals surface area contributed by atoms with Gasteiger partial charge in [-0.3, -0.25) is 4.79 Å². The molecule has 7 heteroatoms. The van der Waals surface area contributed by atoms with Crippen molar-refractivity contribution in [1.82, 2.24) is 19.4 Å². The summed E-state index contributed by atoms with van der Waals surface area (Å²) in [4.78, 5) is 23.8. The molecule has 4 rings (SSSR count). The van der Waals surface area contributed by atoms with Gasteiger partial charge >= 0.3 is 0 Å². The van der Waals surface area contributed by atoms with Gasteiger partial charge in [0.25, 0.3) is 0 Å². The van der Waals surface area contributed by atoms with Crippen LogP contribution in [0.3, 0.4) is 0 Å². The van der Waals surface area contributed by atoms with Crippen LogP contribution in [0.5, 0.6) is 0 Å². The SMILES string of the molecule is COCCn1c(C2CCN(C(=O)Cc3cccc(F)c3)C2)nc2cccnc21. The first-order chi connectivity index (χ1) is 13.7. The zero-order valence-electron chi connectivity index (χ0n) is 15.8. The highest BCUT2D eigenvalue weighted by atomic mass is 19.1. The van der Waals surface area contributed by atoms with Crippen molar-refractivity contribution in [2.75, 3.05) is 26.8 Å². The number of pyridine rings is 1. The Morgan fingerprint density at radius 2 is 2.21 bits per heavy atom. The summed E-state index contributed by atoms with van der Waals surface area (Å²) in [5.41, 5.74) is 2.40. The van der Waals surface area contributed by atoms with Crippen LogP contribution in [0.4, 0.5) is 4.39 Å². The highest BCUT2D eigenvalue weighted by Gasteiger charge is 2.31. The summed E-state index contributed by atoms with van der Waals surface area (Å²) in [6.07, 6.45) is 2.83. The van der Waals surface area contributed by atoms with Gasteiger partial charge in [-0.15, -0.1) is 0 Å². The van der Waals surface area contributed by atoms with E-state index in [2.05, 4.69) is 9.55 Å². The number of methoxy groups -OCH3 is 1. The third-order valence-corrected chi connectivity index (χ3v) is 5.20. The number of halogens is 1. The number of aromatic nitrogens is 3. The molecular weight excluding hydrogens is 359 g/mol. The predicted molar refractivity (Wildman–Crippen MR) is 103 cm³/mol. The van der Waals surface area contributed by atoms with Crippen LogP contribution in [0, 0.1) is 5.82 Å². The van der Waals surface area contributed by atoms with Crippen molar-refractivity contribution in [3.05, 3.63) is 59.8 Å². The number of fused-ring (bicyclic) bond motifs is 1. The average Bonchev–Trinajstić information content (AvgIpc) is 3.31. The van der Waals surface area contributed by atoms with Crippen molar-refractivity contribution in [3.8, 4) is 0 Å². The van der Waals surface area contributed by atoms with Crippen LogP contribution in [0.15, 0.2) is 42.6 Å². The second-order valence-corrected chi connectivity index (χ2v) is 7.09. The number of rotatable bonds is 6. The molecule has 0 aliphatic carbocycles. The molecule has 28 heavy (non-hydrogen) atoms. The number of carbonyl (C=O) groups is 1. The summed E-state index contributed by atoms with van der Waals surface area (Å²) >= 11 is 0. The number of likely N-dealkylation sites (tertiary alicyclic amines) is 1. The second-order valence-electron chi connectivity index (χ2n) is 7.09. The lowest BCUT2D eigenvalue weighted by Gasteiger charge is -2.17. The van der Waals surface area contributed by atoms with Crippen molar-refractivity contribution in [1.29, 1.82) is 0 Å². The smallest absolute Gasteiger partial charge is 0.227 e. The molecule has 3 aromatic rings. The van der Waals surface area contributed by atoms with E-state index in [4.69, 9.17) is 9.72 Å². The summed E-state index contributed by atoms with van der Waals surface area (Å²) in [6, 6.07) is 10.1. The lowest BCUT2D eigenvalue weighted by atomic mass is 10.1. The Morgan fingerprint density at radius 1 is 1.32 bits per heavy atom. The number of hydrogen-bond acceptors (Lipinski definition) is 4. The third-order valence-electron chi connectivity index (χ3n) is 5.20. The molecule has 1 saturated heterocycles. The molecule has 6 nitrogen and oxygen atoms in total. The van der Waals surface area contributed by atoms with Crippen LogP contribution < -0.4 is 0 Å². The Morgan fingerprint density at radius 3 is 3.04 bits per heavy atom. The van der Waals surface area contributed by atoms with E-state index in [0.717, 1.165) is 23.4 Å². The van der Waals surface area contributed by atoms with Crippen LogP contribution in [0.1, 0.15) is 23.7 Å². The molecule has 1 fully saturated rings. The van der Waals surface area contributed by atoms with E-state index in [0.29, 0.717) is 31.8 Å². The quantitative estimate of drug-likeness (QED) is 0.658. The highest BCUT2D eigenvalue weighted by molar-refractivity contribution is 5.79. The van der Waals surface area contributed by atoms with E-state index < -0.39 is 0 Å². The molecule has 1 unspecified atom stereocenters. The molecule has 0 radical (unpaired) electrons. The standard InChI is InChI=1S/C21H23FN4O2/c1-28-11-10-26-20(24-18-6-3-8-23-21(18)26)16-7-9-25(14-16)19(27)13-15-4-2-5-17(22)12-15/h2-6,8,12,16H,7,9-11,13-14H2,1H3. The van der Waals surface area contributed by atoms with Crippen LogP contribution in [0.2, 0.25) is 0 Å². The Balaban J connectivity index is 1.51. The fourth-order valence-electron chi connectivity index (χ4n) is 3.82. The maximum atomic E-state index is 13.4. The van der Waals surface area contributed by atoms with E-state index in [1.54, 1.807) is 25.4 Å². The molecule has 1 aromatic carbocycles. The summed E-state index contributed by atoms with van der Waals surface area (Å²) in [6.45, 7) is 2.54. The summed E-state index contributed by atoms with van der Waals surface area (Å²) in [5, 5.41) is 0. The van der Waals surface area contributed by atoms with Crippen molar-refractivity contribution >= 4 is 17.1 Å². The monoisotopic (exact) mass is 382 g/mol. The molecule has 1 aliphatic rings. The Hall–Kier alpha value is -2.80. The number of amides is 1. The third kappa shape index (κ3) is 3.75. The summed E-state index contributed by atoms with van der Waals surface area (Å²) in [7, 11) is 1.68. The first-order valence-electron chi connectivity index (χ1n) is 9.48. The average molecular weight is 382 g/mol. The topological polar surface area (TPSA) is 60.2 Å². The van der Waals surface area contributed by atoms with Crippen LogP contribution in [-0.4, -0.2) is 52.1 Å². The van der Waals surface area contributed by atoms with Gasteiger partial charge in [0.05, 0.1) is 13.0 Å². The molecule has 1 atom stereocenters. The minimum Gasteiger partial charge on any atom is -0.383 e. The van der Waals surface area contributed by atoms with Gasteiger partial charge in [-0.2, -0.15) is 0 Å². The highest BCUT2D eigenvalue weighted by Crippen LogP contribution is 2.29. The fraction of sp³-hybridized carbons (Fsp3) is 0.381. The van der Waals surface area contributed by atoms with Crippen LogP contribution >= 0.6 is 0 Å². The zero-order valence-corrected chi connectivity index (χ0v) is 15.8. The normalized spacial score (nSPS) is 16.8. The summed E-state index contributed by atoms with van der Waals surface area (Å²) in [5.74, 6) is 0.809. The van der Waals surface area contributed by atoms with Gasteiger partial charge in [0, 0.05) is 38.9 Å². The van der Waals surface area contributed by atoms with Crippen LogP contribution in [0.25, 0.3) is 11.2 Å². The molecule has 0 N–H and O–H groups in total. The maximum Gasteiger partial charge on any atom is 0.227 e. The molecule has 0 saturated carbocycles. The number of ether oxygens (including phenoxy) is 1. The molecule has 0 bridgehead atoms. The minimum atomic E-state index is -0.316. The fourth-order valence-corrected chi connectivity index (χ4v) is 3.82. The number of imidazole rings is 1. The second kappa shape index (κ2) is 8.06. The van der Waals surface area contributed by atoms with Gasteiger partial charge in [0.1, 0.15) is 17.2 Å². The molecule has 1 amide bonds. The van der Waals surface area contributed by atoms with Gasteiger partial charge in [-0.25, -0.2) is 14.4 Å². The molecular formula is C21H23FN4O2. The Labute approximate surface area is 163 Å². The number of benzene rings is 1. The molecule has 146 valence electrons. The van der Waals surface area contributed by atoms with E-state index in [9.17, 15) is 9.18 Å². The molecule has 1 aliphatic heterocycles. The van der Waals surface area contributed by atoms with E-state index in [1.165, 1.54) is 12.1 Å². The van der Waals surface area contributed by atoms with Gasteiger partial charge in [0.2, 0.25) is 5.91 Å². The van der Waals surface area contributed by atoms with Gasteiger partial charge in [-0.05, 0) is 36.2 Å². The largest absolute Gasteiger partial charge is 0.383 e. The number of nitrogens with zero attached hydrogens (tertiary/aromatic N) is 4. The van der Waals surface area contributed by atoms with Crippen molar-refractivity contribution < 1.29 is 13.9 Å². The lowest BCUT2D eigenvalue weighted by molar-refractivity contribution is -0.129. The van der Waals surface area contributed by atoms with E-state index >= 15 is 0 Å². The summed E-state index contributed by atoms with van der Waals surface area (Å²) < 4.78 is 20.7. The zero-order chi connectivity index (χ0) is 19.5. The first-order valence-corrected chi connectivity index (χ1v) is 9.48. The predicted octanol–water partition coefficient (Wildman–Crippen LogP) is 2.78. The molecule has 3 heterocycles.